The van der Waals surface area contributed by atoms with Gasteiger partial charge in [0, 0.05) is 18.2 Å². The van der Waals surface area contributed by atoms with E-state index in [1.165, 1.54) is 51.4 Å². The number of carbonyl (C=O) groups is 1. The molecule has 0 spiro atoms. The van der Waals surface area contributed by atoms with Gasteiger partial charge in [0.1, 0.15) is 0 Å². The molecule has 0 aromatic carbocycles. The first kappa shape index (κ1) is 35.4. The fourth-order valence-electron chi connectivity index (χ4n) is 2.18. The second-order valence-corrected chi connectivity index (χ2v) is 7.58. The Kier molecular flexibility index (Phi) is 38.7. The molecule has 1 aliphatic rings. The van der Waals surface area contributed by atoms with E-state index in [1.54, 1.807) is 0 Å². The Labute approximate surface area is 185 Å². The van der Waals surface area contributed by atoms with Crippen LogP contribution in [0.3, 0.4) is 0 Å². The van der Waals surface area contributed by atoms with Gasteiger partial charge in [0.2, 0.25) is 5.91 Å². The number of hydrogen-bond donors (Lipinski definition) is 2. The smallest absolute Gasteiger partial charge is 0.220 e. The Bertz CT molecular complexity index is 311. The summed E-state index contributed by atoms with van der Waals surface area (Å²) in [5, 5.41) is 6.32. The highest BCUT2D eigenvalue weighted by Gasteiger charge is 2.37. The highest BCUT2D eigenvalue weighted by Crippen LogP contribution is 2.22. The predicted molar refractivity (Wildman–Crippen MR) is 136 cm³/mol. The third-order valence-corrected chi connectivity index (χ3v) is 3.33. The molecule has 1 saturated carbocycles. The molecular weight excluding hydrogens is 356 g/mol. The highest BCUT2D eigenvalue weighted by atomic mass is 16.1. The molecule has 0 unspecified atom stereocenters. The number of carbonyl (C=O) groups excluding carboxylic acids is 1. The summed E-state index contributed by atoms with van der Waals surface area (Å²) in [7, 11) is 0. The summed E-state index contributed by atoms with van der Waals surface area (Å²) in [6.45, 7) is 24.7. The monoisotopic (exact) mass is 414 g/mol. The topological polar surface area (TPSA) is 41.1 Å². The van der Waals surface area contributed by atoms with Gasteiger partial charge in [-0.2, -0.15) is 0 Å². The van der Waals surface area contributed by atoms with E-state index >= 15 is 0 Å². The molecular formula is C26H58N2O. The van der Waals surface area contributed by atoms with Gasteiger partial charge in [0.05, 0.1) is 6.04 Å². The molecule has 178 valence electrons. The van der Waals surface area contributed by atoms with Crippen LogP contribution in [0.2, 0.25) is 0 Å². The van der Waals surface area contributed by atoms with Crippen LogP contribution in [0.1, 0.15) is 140 Å². The predicted octanol–water partition coefficient (Wildman–Crippen LogP) is 8.39. The molecule has 0 aromatic heterocycles. The van der Waals surface area contributed by atoms with Crippen LogP contribution in [-0.4, -0.2) is 18.0 Å². The maximum Gasteiger partial charge on any atom is 0.220 e. The summed E-state index contributed by atoms with van der Waals surface area (Å²) in [4.78, 5) is 11.7. The average molecular weight is 415 g/mol. The molecule has 2 atom stereocenters. The molecule has 0 radical (unpaired) electrons. The Morgan fingerprint density at radius 3 is 1.55 bits per heavy atom. The van der Waals surface area contributed by atoms with E-state index in [9.17, 15) is 4.79 Å². The summed E-state index contributed by atoms with van der Waals surface area (Å²) < 4.78 is 0. The molecule has 0 heterocycles. The van der Waals surface area contributed by atoms with Gasteiger partial charge in [0.15, 0.2) is 0 Å². The molecule has 1 fully saturated rings. The molecule has 0 aliphatic heterocycles. The number of hydrogen-bond acceptors (Lipinski definition) is 2. The molecule has 2 N–H and O–H groups in total. The average Bonchev–Trinajstić information content (AvgIpc) is 3.38. The van der Waals surface area contributed by atoms with Crippen molar-refractivity contribution < 1.29 is 4.79 Å². The lowest BCUT2D eigenvalue weighted by molar-refractivity contribution is -0.121. The van der Waals surface area contributed by atoms with Crippen LogP contribution in [0.15, 0.2) is 12.3 Å². The van der Waals surface area contributed by atoms with Crippen molar-refractivity contribution in [2.45, 2.75) is 152 Å². The molecule has 3 nitrogen and oxygen atoms in total. The fourth-order valence-corrected chi connectivity index (χ4v) is 2.18. The van der Waals surface area contributed by atoms with Crippen molar-refractivity contribution in [3.05, 3.63) is 12.3 Å². The summed E-state index contributed by atoms with van der Waals surface area (Å²) in [5.41, 5.74) is 0.979. The van der Waals surface area contributed by atoms with E-state index in [4.69, 9.17) is 0 Å². The van der Waals surface area contributed by atoms with Crippen molar-refractivity contribution in [3.8, 4) is 0 Å². The van der Waals surface area contributed by atoms with Crippen LogP contribution in [0.25, 0.3) is 0 Å². The van der Waals surface area contributed by atoms with Crippen LogP contribution in [0.5, 0.6) is 0 Å². The molecule has 0 aromatic rings. The van der Waals surface area contributed by atoms with Crippen molar-refractivity contribution in [1.29, 1.82) is 0 Å². The van der Waals surface area contributed by atoms with Gasteiger partial charge in [-0.1, -0.05) is 120 Å². The molecule has 29 heavy (non-hydrogen) atoms. The van der Waals surface area contributed by atoms with Crippen molar-refractivity contribution in [1.82, 2.24) is 10.6 Å². The van der Waals surface area contributed by atoms with Gasteiger partial charge in [-0.25, -0.2) is 0 Å². The van der Waals surface area contributed by atoms with Crippen molar-refractivity contribution in [2.75, 3.05) is 0 Å². The number of nitrogens with one attached hydrogen (secondary N) is 2. The minimum Gasteiger partial charge on any atom is -0.384 e. The van der Waals surface area contributed by atoms with Crippen LogP contribution in [0, 0.1) is 0 Å². The first-order valence-corrected chi connectivity index (χ1v) is 12.6. The minimum absolute atomic E-state index is 0.210. The zero-order valence-corrected chi connectivity index (χ0v) is 22.0. The van der Waals surface area contributed by atoms with Crippen LogP contribution in [0.4, 0.5) is 0 Å². The maximum atomic E-state index is 11.7. The number of amides is 1. The normalized spacial score (nSPS) is 15.4. The summed E-state index contributed by atoms with van der Waals surface area (Å²) in [6, 6.07) is 0.741. The lowest BCUT2D eigenvalue weighted by Crippen LogP contribution is -2.31. The Morgan fingerprint density at radius 1 is 0.759 bits per heavy atom. The van der Waals surface area contributed by atoms with E-state index in [1.807, 2.05) is 20.8 Å². The van der Waals surface area contributed by atoms with E-state index in [-0.39, 0.29) is 5.91 Å². The Morgan fingerprint density at radius 2 is 1.14 bits per heavy atom. The lowest BCUT2D eigenvalue weighted by Gasteiger charge is -2.06. The Balaban J connectivity index is -0.000000238. The Hall–Kier alpha value is -0.990. The van der Waals surface area contributed by atoms with Crippen LogP contribution < -0.4 is 10.6 Å². The fraction of sp³-hybridized carbons (Fsp3) is 0.885. The summed E-state index contributed by atoms with van der Waals surface area (Å²) >= 11 is 0. The third-order valence-electron chi connectivity index (χ3n) is 3.33. The van der Waals surface area contributed by atoms with Crippen LogP contribution in [-0.2, 0) is 4.79 Å². The van der Waals surface area contributed by atoms with Gasteiger partial charge in [-0.15, -0.1) is 0 Å². The van der Waals surface area contributed by atoms with Crippen molar-refractivity contribution in [3.63, 3.8) is 0 Å². The number of unbranched alkanes of at least 4 members (excludes halogenated alkanes) is 5. The van der Waals surface area contributed by atoms with Crippen molar-refractivity contribution >= 4 is 5.91 Å². The molecule has 0 bridgehead atoms. The van der Waals surface area contributed by atoms with Crippen molar-refractivity contribution in [2.24, 2.45) is 0 Å². The van der Waals surface area contributed by atoms with Gasteiger partial charge < -0.3 is 10.6 Å². The van der Waals surface area contributed by atoms with E-state index < -0.39 is 0 Å². The first-order valence-electron chi connectivity index (χ1n) is 12.6. The van der Waals surface area contributed by atoms with Crippen LogP contribution >= 0.6 is 0 Å². The minimum atomic E-state index is 0.210. The third kappa shape index (κ3) is 38.3. The maximum absolute atomic E-state index is 11.7. The summed E-state index contributed by atoms with van der Waals surface area (Å²) in [6.07, 6.45) is 12.9. The second-order valence-electron chi connectivity index (χ2n) is 7.58. The van der Waals surface area contributed by atoms with E-state index in [0.717, 1.165) is 18.5 Å². The summed E-state index contributed by atoms with van der Waals surface area (Å²) in [5.74, 6) is 0.210. The first-order chi connectivity index (χ1) is 13.9. The van der Waals surface area contributed by atoms with Gasteiger partial charge in [0.25, 0.3) is 0 Å². The zero-order valence-electron chi connectivity index (χ0n) is 22.0. The SMILES string of the molecule is C=C(C)N[C@H]1C[C@H]1NC(=O)CCCCCCCC.CC.CCC.CCC.CCC. The standard InChI is InChI=1S/C15H28N2O.3C3H8.C2H6/c1-4-5-6-7-8-9-10-15(18)17-14-11-13(14)16-12(2)3;3*1-3-2;1-2/h13-14,16H,2,4-11H2,1,3H3,(H,17,18);3*3H2,1-2H3;1-2H3/t13-,14+;;;;/m0..../s1. The van der Waals surface area contributed by atoms with E-state index in [0.29, 0.717) is 18.5 Å². The number of allylic oxidation sites excluding steroid dienone is 1. The number of rotatable bonds is 10. The molecule has 0 saturated heterocycles. The molecule has 3 heteroatoms. The quantitative estimate of drug-likeness (QED) is 0.352. The lowest BCUT2D eigenvalue weighted by atomic mass is 10.1. The van der Waals surface area contributed by atoms with Gasteiger partial charge in [-0.3, -0.25) is 4.79 Å². The highest BCUT2D eigenvalue weighted by molar-refractivity contribution is 5.76. The molecule has 1 amide bonds. The second kappa shape index (κ2) is 31.7. The largest absolute Gasteiger partial charge is 0.384 e. The van der Waals surface area contributed by atoms with Gasteiger partial charge >= 0.3 is 0 Å². The molecule has 1 rings (SSSR count). The zero-order chi connectivity index (χ0) is 23.5. The van der Waals surface area contributed by atoms with E-state index in [2.05, 4.69) is 65.7 Å². The molecule has 1 aliphatic carbocycles. The van der Waals surface area contributed by atoms with Gasteiger partial charge in [-0.05, 0) is 19.8 Å².